The number of hydrogen-bond donors (Lipinski definition) is 1. The molecule has 0 fully saturated rings. The van der Waals surface area contributed by atoms with E-state index in [1.54, 1.807) is 42.5 Å². The molecule has 0 amide bonds. The Bertz CT molecular complexity index is 676. The highest BCUT2D eigenvalue weighted by atomic mass is 32.2. The summed E-state index contributed by atoms with van der Waals surface area (Å²) >= 11 is 0. The molecule has 0 radical (unpaired) electrons. The van der Waals surface area contributed by atoms with Crippen molar-refractivity contribution in [2.75, 3.05) is 0 Å². The maximum atomic E-state index is 12.1. The van der Waals surface area contributed by atoms with Crippen LogP contribution in [0.5, 0.6) is 0 Å². The fourth-order valence-corrected chi connectivity index (χ4v) is 2.79. The predicted octanol–water partition coefficient (Wildman–Crippen LogP) is 2.23. The zero-order chi connectivity index (χ0) is 13.7. The van der Waals surface area contributed by atoms with Gasteiger partial charge in [-0.1, -0.05) is 48.5 Å². The van der Waals surface area contributed by atoms with Gasteiger partial charge in [0, 0.05) is 0 Å². The van der Waals surface area contributed by atoms with Crippen LogP contribution in [-0.4, -0.2) is 8.42 Å². The molecule has 5 heteroatoms. The van der Waals surface area contributed by atoms with Crippen LogP contribution < -0.4 is 4.72 Å². The van der Waals surface area contributed by atoms with Gasteiger partial charge in [0.25, 0.3) is 0 Å². The van der Waals surface area contributed by atoms with Gasteiger partial charge in [-0.2, -0.15) is 9.98 Å². The van der Waals surface area contributed by atoms with Crippen LogP contribution in [0.2, 0.25) is 0 Å². The summed E-state index contributed by atoms with van der Waals surface area (Å²) in [6, 6.07) is 17.8. The molecule has 2 rings (SSSR count). The Kier molecular flexibility index (Phi) is 3.95. The Labute approximate surface area is 112 Å². The number of rotatable bonds is 4. The van der Waals surface area contributed by atoms with Crippen molar-refractivity contribution in [2.24, 2.45) is 0 Å². The van der Waals surface area contributed by atoms with E-state index in [2.05, 4.69) is 4.72 Å². The fraction of sp³-hybridized carbons (Fsp3) is 0.0714. The normalized spacial score (nSPS) is 12.6. The molecule has 0 aliphatic carbocycles. The lowest BCUT2D eigenvalue weighted by Crippen LogP contribution is -2.27. The average Bonchev–Trinajstić information content (AvgIpc) is 2.47. The summed E-state index contributed by atoms with van der Waals surface area (Å²) in [5, 5.41) is 9.11. The Morgan fingerprint density at radius 1 is 0.947 bits per heavy atom. The van der Waals surface area contributed by atoms with Crippen LogP contribution in [0.25, 0.3) is 0 Å². The molecule has 2 aromatic rings. The fourth-order valence-electron chi connectivity index (χ4n) is 1.64. The molecule has 19 heavy (non-hydrogen) atoms. The third kappa shape index (κ3) is 3.19. The molecule has 1 N–H and O–H groups in total. The van der Waals surface area contributed by atoms with Crippen LogP contribution >= 0.6 is 0 Å². The molecule has 1 unspecified atom stereocenters. The van der Waals surface area contributed by atoms with Crippen LogP contribution in [0.3, 0.4) is 0 Å². The van der Waals surface area contributed by atoms with Gasteiger partial charge in [-0.3, -0.25) is 0 Å². The maximum Gasteiger partial charge on any atom is 0.241 e. The van der Waals surface area contributed by atoms with Crippen LogP contribution in [0, 0.1) is 11.3 Å². The summed E-state index contributed by atoms with van der Waals surface area (Å²) in [6.07, 6.45) is 0. The highest BCUT2D eigenvalue weighted by Gasteiger charge is 2.20. The Morgan fingerprint density at radius 2 is 1.47 bits per heavy atom. The number of sulfonamides is 1. The molecule has 1 atom stereocenters. The van der Waals surface area contributed by atoms with Crippen molar-refractivity contribution >= 4 is 10.0 Å². The van der Waals surface area contributed by atoms with Gasteiger partial charge in [-0.05, 0) is 17.7 Å². The van der Waals surface area contributed by atoms with Crippen LogP contribution in [0.4, 0.5) is 0 Å². The molecule has 0 aliphatic heterocycles. The first-order valence-corrected chi connectivity index (χ1v) is 7.14. The molecule has 0 saturated carbocycles. The summed E-state index contributed by atoms with van der Waals surface area (Å²) in [5.74, 6) is 0. The first kappa shape index (κ1) is 13.3. The molecule has 0 aromatic heterocycles. The lowest BCUT2D eigenvalue weighted by Gasteiger charge is -2.12. The molecule has 0 saturated heterocycles. The maximum absolute atomic E-state index is 12.1. The van der Waals surface area contributed by atoms with Crippen molar-refractivity contribution in [1.82, 2.24) is 4.72 Å². The van der Waals surface area contributed by atoms with Gasteiger partial charge in [0.1, 0.15) is 6.04 Å². The highest BCUT2D eigenvalue weighted by molar-refractivity contribution is 7.89. The van der Waals surface area contributed by atoms with Gasteiger partial charge < -0.3 is 0 Å². The number of nitriles is 1. The minimum absolute atomic E-state index is 0.145. The summed E-state index contributed by atoms with van der Waals surface area (Å²) in [5.41, 5.74) is 0.615. The Morgan fingerprint density at radius 3 is 2.00 bits per heavy atom. The zero-order valence-electron chi connectivity index (χ0n) is 10.0. The van der Waals surface area contributed by atoms with E-state index in [0.29, 0.717) is 5.56 Å². The predicted molar refractivity (Wildman–Crippen MR) is 71.6 cm³/mol. The standard InChI is InChI=1S/C14H12N2O2S/c15-11-14(12-7-3-1-4-8-12)16-19(17,18)13-9-5-2-6-10-13/h1-10,14,16H. The second-order valence-electron chi connectivity index (χ2n) is 3.91. The summed E-state index contributed by atoms with van der Waals surface area (Å²) in [7, 11) is -3.69. The SMILES string of the molecule is N#CC(NS(=O)(=O)c1ccccc1)c1ccccc1. The van der Waals surface area contributed by atoms with Gasteiger partial charge in [-0.15, -0.1) is 0 Å². The molecule has 0 heterocycles. The molecular formula is C14H12N2O2S. The second-order valence-corrected chi connectivity index (χ2v) is 5.62. The van der Waals surface area contributed by atoms with E-state index in [9.17, 15) is 8.42 Å². The monoisotopic (exact) mass is 272 g/mol. The first-order chi connectivity index (χ1) is 9.13. The Balaban J connectivity index is 2.28. The smallest absolute Gasteiger partial charge is 0.207 e. The van der Waals surface area contributed by atoms with Crippen molar-refractivity contribution in [1.29, 1.82) is 5.26 Å². The number of benzene rings is 2. The molecule has 4 nitrogen and oxygen atoms in total. The van der Waals surface area contributed by atoms with Gasteiger partial charge in [0.05, 0.1) is 11.0 Å². The lowest BCUT2D eigenvalue weighted by molar-refractivity contribution is 0.575. The van der Waals surface area contributed by atoms with Gasteiger partial charge >= 0.3 is 0 Å². The molecular weight excluding hydrogens is 260 g/mol. The van der Waals surface area contributed by atoms with Crippen LogP contribution in [0.1, 0.15) is 11.6 Å². The van der Waals surface area contributed by atoms with E-state index in [1.807, 2.05) is 12.1 Å². The third-order valence-electron chi connectivity index (χ3n) is 2.59. The second kappa shape index (κ2) is 5.65. The topological polar surface area (TPSA) is 70.0 Å². The van der Waals surface area contributed by atoms with E-state index in [4.69, 9.17) is 5.26 Å². The van der Waals surface area contributed by atoms with Crippen molar-refractivity contribution in [2.45, 2.75) is 10.9 Å². The van der Waals surface area contributed by atoms with Crippen molar-refractivity contribution < 1.29 is 8.42 Å². The summed E-state index contributed by atoms with van der Waals surface area (Å²) in [4.78, 5) is 0.145. The van der Waals surface area contributed by atoms with E-state index >= 15 is 0 Å². The van der Waals surface area contributed by atoms with E-state index in [0.717, 1.165) is 0 Å². The molecule has 96 valence electrons. The molecule has 0 aliphatic rings. The molecule has 0 bridgehead atoms. The van der Waals surface area contributed by atoms with Gasteiger partial charge in [0.2, 0.25) is 10.0 Å². The highest BCUT2D eigenvalue weighted by Crippen LogP contribution is 2.16. The van der Waals surface area contributed by atoms with E-state index in [-0.39, 0.29) is 4.90 Å². The van der Waals surface area contributed by atoms with Crippen LogP contribution in [0.15, 0.2) is 65.6 Å². The van der Waals surface area contributed by atoms with Crippen LogP contribution in [-0.2, 0) is 10.0 Å². The minimum Gasteiger partial charge on any atom is -0.207 e. The van der Waals surface area contributed by atoms with E-state index in [1.165, 1.54) is 12.1 Å². The quantitative estimate of drug-likeness (QED) is 0.927. The number of hydrogen-bond acceptors (Lipinski definition) is 3. The van der Waals surface area contributed by atoms with Gasteiger partial charge in [-0.25, -0.2) is 8.42 Å². The van der Waals surface area contributed by atoms with E-state index < -0.39 is 16.1 Å². The lowest BCUT2D eigenvalue weighted by atomic mass is 10.1. The first-order valence-electron chi connectivity index (χ1n) is 5.65. The number of nitrogens with one attached hydrogen (secondary N) is 1. The molecule has 0 spiro atoms. The van der Waals surface area contributed by atoms with Gasteiger partial charge in [0.15, 0.2) is 0 Å². The number of nitrogens with zero attached hydrogens (tertiary/aromatic N) is 1. The van der Waals surface area contributed by atoms with Crippen molar-refractivity contribution in [3.8, 4) is 6.07 Å². The Hall–Kier alpha value is -2.16. The molecule has 2 aromatic carbocycles. The summed E-state index contributed by atoms with van der Waals surface area (Å²) in [6.45, 7) is 0. The summed E-state index contributed by atoms with van der Waals surface area (Å²) < 4.78 is 26.6. The largest absolute Gasteiger partial charge is 0.241 e. The third-order valence-corrected chi connectivity index (χ3v) is 4.03. The zero-order valence-corrected chi connectivity index (χ0v) is 10.8. The van der Waals surface area contributed by atoms with Crippen molar-refractivity contribution in [3.63, 3.8) is 0 Å². The van der Waals surface area contributed by atoms with Crippen molar-refractivity contribution in [3.05, 3.63) is 66.2 Å². The minimum atomic E-state index is -3.69. The average molecular weight is 272 g/mol.